The molecule has 1 amide bonds. The summed E-state index contributed by atoms with van der Waals surface area (Å²) in [5, 5.41) is 7.16. The highest BCUT2D eigenvalue weighted by atomic mass is 32.1. The van der Waals surface area contributed by atoms with Crippen LogP contribution in [0, 0.1) is 0 Å². The molecule has 1 aliphatic rings. The van der Waals surface area contributed by atoms with Crippen LogP contribution in [0.1, 0.15) is 29.6 Å². The molecule has 1 aromatic carbocycles. The van der Waals surface area contributed by atoms with E-state index in [0.29, 0.717) is 17.8 Å². The number of nitrogens with one attached hydrogen (secondary N) is 1. The van der Waals surface area contributed by atoms with E-state index in [-0.39, 0.29) is 12.0 Å². The minimum Gasteiger partial charge on any atom is -0.376 e. The minimum atomic E-state index is -0.182. The van der Waals surface area contributed by atoms with E-state index in [9.17, 15) is 4.79 Å². The van der Waals surface area contributed by atoms with Gasteiger partial charge in [0.15, 0.2) is 0 Å². The molecular weight excluding hydrogens is 326 g/mol. The lowest BCUT2D eigenvalue weighted by Gasteiger charge is -2.22. The number of hydrogen-bond donors (Lipinski definition) is 1. The van der Waals surface area contributed by atoms with E-state index in [2.05, 4.69) is 19.2 Å². The fraction of sp³-hybridized carbons (Fsp3) is 0.375. The van der Waals surface area contributed by atoms with Gasteiger partial charge in [0.2, 0.25) is 0 Å². The maximum Gasteiger partial charge on any atom is 0.255 e. The summed E-state index contributed by atoms with van der Waals surface area (Å²) in [6.45, 7) is 1.54. The number of amides is 1. The van der Waals surface area contributed by atoms with Crippen molar-refractivity contribution in [2.45, 2.75) is 31.9 Å². The molecule has 0 radical (unpaired) electrons. The Morgan fingerprint density at radius 3 is 3.12 bits per heavy atom. The fourth-order valence-electron chi connectivity index (χ4n) is 2.81. The number of nitrogens with zero attached hydrogens (tertiary/aromatic N) is 4. The third kappa shape index (κ3) is 3.29. The smallest absolute Gasteiger partial charge is 0.255 e. The molecule has 7 nitrogen and oxygen atoms in total. The SMILES string of the molecule is O=C(Nc1cnn(C[C@@H]2CCCCO2)c1)c1ccc2nsnc2c1. The van der Waals surface area contributed by atoms with Crippen molar-refractivity contribution in [3.05, 3.63) is 36.2 Å². The van der Waals surface area contributed by atoms with Crippen LogP contribution in [0.25, 0.3) is 11.0 Å². The number of hydrogen-bond acceptors (Lipinski definition) is 6. The van der Waals surface area contributed by atoms with Gasteiger partial charge in [-0.1, -0.05) is 0 Å². The van der Waals surface area contributed by atoms with Gasteiger partial charge in [-0.25, -0.2) is 0 Å². The first-order chi connectivity index (χ1) is 11.8. The normalized spacial score (nSPS) is 17.9. The average Bonchev–Trinajstić information content (AvgIpc) is 3.24. The maximum absolute atomic E-state index is 12.4. The molecular formula is C16H17N5O2S. The predicted molar refractivity (Wildman–Crippen MR) is 91.2 cm³/mol. The molecule has 0 saturated carbocycles. The van der Waals surface area contributed by atoms with Gasteiger partial charge in [0.05, 0.1) is 36.3 Å². The third-order valence-electron chi connectivity index (χ3n) is 4.07. The number of benzene rings is 1. The van der Waals surface area contributed by atoms with Gasteiger partial charge in [-0.15, -0.1) is 0 Å². The molecule has 124 valence electrons. The summed E-state index contributed by atoms with van der Waals surface area (Å²) in [6.07, 6.45) is 7.09. The van der Waals surface area contributed by atoms with Crippen LogP contribution in [0.15, 0.2) is 30.6 Å². The van der Waals surface area contributed by atoms with Gasteiger partial charge in [-0.3, -0.25) is 9.48 Å². The summed E-state index contributed by atoms with van der Waals surface area (Å²) < 4.78 is 15.8. The Labute approximate surface area is 143 Å². The number of ether oxygens (including phenoxy) is 1. The monoisotopic (exact) mass is 343 g/mol. The van der Waals surface area contributed by atoms with Gasteiger partial charge in [0.1, 0.15) is 11.0 Å². The molecule has 0 aliphatic carbocycles. The molecule has 8 heteroatoms. The predicted octanol–water partition coefficient (Wildman–Crippen LogP) is 2.71. The second kappa shape index (κ2) is 6.66. The highest BCUT2D eigenvalue weighted by Gasteiger charge is 2.15. The van der Waals surface area contributed by atoms with Crippen LogP contribution in [0.4, 0.5) is 5.69 Å². The van der Waals surface area contributed by atoms with E-state index in [1.54, 1.807) is 24.4 Å². The van der Waals surface area contributed by atoms with Crippen molar-refractivity contribution >= 4 is 34.4 Å². The van der Waals surface area contributed by atoms with Crippen molar-refractivity contribution < 1.29 is 9.53 Å². The Morgan fingerprint density at radius 1 is 1.33 bits per heavy atom. The van der Waals surface area contributed by atoms with E-state index >= 15 is 0 Å². The van der Waals surface area contributed by atoms with Crippen LogP contribution in [0.2, 0.25) is 0 Å². The van der Waals surface area contributed by atoms with Crippen LogP contribution in [-0.2, 0) is 11.3 Å². The average molecular weight is 343 g/mol. The van der Waals surface area contributed by atoms with Crippen LogP contribution < -0.4 is 5.32 Å². The third-order valence-corrected chi connectivity index (χ3v) is 4.63. The van der Waals surface area contributed by atoms with Crippen molar-refractivity contribution in [2.75, 3.05) is 11.9 Å². The molecule has 24 heavy (non-hydrogen) atoms. The summed E-state index contributed by atoms with van der Waals surface area (Å²) in [5.74, 6) is -0.182. The Balaban J connectivity index is 1.41. The molecule has 0 spiro atoms. The highest BCUT2D eigenvalue weighted by molar-refractivity contribution is 7.00. The number of rotatable bonds is 4. The molecule has 0 unspecified atom stereocenters. The second-order valence-corrected chi connectivity index (χ2v) is 6.39. The van der Waals surface area contributed by atoms with Crippen molar-refractivity contribution in [1.82, 2.24) is 18.5 Å². The summed E-state index contributed by atoms with van der Waals surface area (Å²) in [4.78, 5) is 12.4. The van der Waals surface area contributed by atoms with Crippen LogP contribution in [0.5, 0.6) is 0 Å². The molecule has 1 atom stereocenters. The van der Waals surface area contributed by atoms with Crippen molar-refractivity contribution in [3.8, 4) is 0 Å². The van der Waals surface area contributed by atoms with Crippen LogP contribution >= 0.6 is 11.7 Å². The highest BCUT2D eigenvalue weighted by Crippen LogP contribution is 2.17. The summed E-state index contributed by atoms with van der Waals surface area (Å²) in [6, 6.07) is 5.30. The number of aromatic nitrogens is 4. The number of carbonyl (C=O) groups excluding carboxylic acids is 1. The van der Waals surface area contributed by atoms with Gasteiger partial charge in [0.25, 0.3) is 5.91 Å². The molecule has 4 rings (SSSR count). The lowest BCUT2D eigenvalue weighted by atomic mass is 10.1. The lowest BCUT2D eigenvalue weighted by Crippen LogP contribution is -2.24. The molecule has 3 heterocycles. The van der Waals surface area contributed by atoms with E-state index < -0.39 is 0 Å². The molecule has 1 aliphatic heterocycles. The zero-order chi connectivity index (χ0) is 16.4. The molecule has 1 N–H and O–H groups in total. The van der Waals surface area contributed by atoms with E-state index in [1.165, 1.54) is 6.42 Å². The van der Waals surface area contributed by atoms with Crippen LogP contribution in [-0.4, -0.2) is 37.1 Å². The fourth-order valence-corrected chi connectivity index (χ4v) is 3.33. The Hall–Kier alpha value is -2.32. The standard InChI is InChI=1S/C16H17N5O2S/c22-16(11-4-5-14-15(7-11)20-24-19-14)18-12-8-17-21(9-12)10-13-3-1-2-6-23-13/h4-5,7-9,13H,1-3,6,10H2,(H,18,22)/t13-/m0/s1. The van der Waals surface area contributed by atoms with Crippen molar-refractivity contribution in [2.24, 2.45) is 0 Å². The number of anilines is 1. The number of carbonyl (C=O) groups is 1. The van der Waals surface area contributed by atoms with Crippen molar-refractivity contribution in [1.29, 1.82) is 0 Å². The molecule has 1 fully saturated rings. The molecule has 1 saturated heterocycles. The summed E-state index contributed by atoms with van der Waals surface area (Å²) >= 11 is 1.14. The number of fused-ring (bicyclic) bond motifs is 1. The zero-order valence-electron chi connectivity index (χ0n) is 13.0. The minimum absolute atomic E-state index is 0.182. The van der Waals surface area contributed by atoms with Gasteiger partial charge in [0, 0.05) is 18.4 Å². The summed E-state index contributed by atoms with van der Waals surface area (Å²) in [5.41, 5.74) is 2.76. The van der Waals surface area contributed by atoms with Crippen LogP contribution in [0.3, 0.4) is 0 Å². The first kappa shape index (κ1) is 15.2. The molecule has 2 aromatic heterocycles. The lowest BCUT2D eigenvalue weighted by molar-refractivity contribution is 0.00401. The Kier molecular flexibility index (Phi) is 4.22. The van der Waals surface area contributed by atoms with E-state index in [1.807, 2.05) is 10.9 Å². The maximum atomic E-state index is 12.4. The van der Waals surface area contributed by atoms with Gasteiger partial charge >= 0.3 is 0 Å². The largest absolute Gasteiger partial charge is 0.376 e. The quantitative estimate of drug-likeness (QED) is 0.787. The van der Waals surface area contributed by atoms with Crippen molar-refractivity contribution in [3.63, 3.8) is 0 Å². The van der Waals surface area contributed by atoms with E-state index in [4.69, 9.17) is 4.74 Å². The first-order valence-electron chi connectivity index (χ1n) is 7.96. The zero-order valence-corrected chi connectivity index (χ0v) is 13.8. The van der Waals surface area contributed by atoms with Gasteiger partial charge in [-0.05, 0) is 37.5 Å². The Morgan fingerprint density at radius 2 is 2.25 bits per heavy atom. The van der Waals surface area contributed by atoms with Gasteiger partial charge in [-0.2, -0.15) is 13.8 Å². The first-order valence-corrected chi connectivity index (χ1v) is 8.69. The summed E-state index contributed by atoms with van der Waals surface area (Å²) in [7, 11) is 0. The topological polar surface area (TPSA) is 81.9 Å². The van der Waals surface area contributed by atoms with Gasteiger partial charge < -0.3 is 10.1 Å². The van der Waals surface area contributed by atoms with E-state index in [0.717, 1.165) is 42.2 Å². The molecule has 0 bridgehead atoms. The molecule has 3 aromatic rings. The second-order valence-electron chi connectivity index (χ2n) is 5.86. The Bertz CT molecular complexity index is 853.